The summed E-state index contributed by atoms with van der Waals surface area (Å²) in [5.74, 6) is -1.39. The van der Waals surface area contributed by atoms with Gasteiger partial charge in [-0.15, -0.1) is 0 Å². The molecule has 0 radical (unpaired) electrons. The van der Waals surface area contributed by atoms with Crippen molar-refractivity contribution in [3.05, 3.63) is 59.9 Å². The molecule has 0 aliphatic heterocycles. The zero-order valence-corrected chi connectivity index (χ0v) is 16.2. The fraction of sp³-hybridized carbons (Fsp3) is 0.286. The summed E-state index contributed by atoms with van der Waals surface area (Å²) in [4.78, 5) is 36.0. The summed E-state index contributed by atoms with van der Waals surface area (Å²) in [7, 11) is 0. The lowest BCUT2D eigenvalue weighted by molar-refractivity contribution is -0.132. The van der Waals surface area contributed by atoms with Gasteiger partial charge in [-0.3, -0.25) is 25.2 Å². The third-order valence-corrected chi connectivity index (χ3v) is 3.90. The van der Waals surface area contributed by atoms with Crippen LogP contribution in [0.15, 0.2) is 48.5 Å². The van der Waals surface area contributed by atoms with Crippen LogP contribution in [0.4, 0.5) is 4.39 Å². The lowest BCUT2D eigenvalue weighted by atomic mass is 10.1. The minimum atomic E-state index is -1.03. The first kappa shape index (κ1) is 21.9. The topological polar surface area (TPSA) is 93.7 Å². The molecule has 29 heavy (non-hydrogen) atoms. The Bertz CT molecular complexity index is 854. The van der Waals surface area contributed by atoms with Crippen LogP contribution >= 0.6 is 0 Å². The molecule has 2 amide bonds. The van der Waals surface area contributed by atoms with Gasteiger partial charge in [-0.25, -0.2) is 4.39 Å². The fourth-order valence-corrected chi connectivity index (χ4v) is 2.35. The summed E-state index contributed by atoms with van der Waals surface area (Å²) < 4.78 is 24.1. The van der Waals surface area contributed by atoms with E-state index in [-0.39, 0.29) is 24.4 Å². The second-order valence-electron chi connectivity index (χ2n) is 6.11. The maximum absolute atomic E-state index is 13.5. The van der Waals surface area contributed by atoms with Crippen molar-refractivity contribution in [3.8, 4) is 11.5 Å². The van der Waals surface area contributed by atoms with Crippen molar-refractivity contribution >= 4 is 17.6 Å². The number of rotatable bonds is 9. The molecule has 2 aromatic rings. The minimum Gasteiger partial charge on any atom is -0.494 e. The third kappa shape index (κ3) is 6.91. The number of para-hydroxylation sites is 1. The lowest BCUT2D eigenvalue weighted by Gasteiger charge is -2.15. The number of Topliss-reactive ketones (excluding diaryl/α,β-unsaturated/α-hetero) is 1. The molecule has 0 unspecified atom stereocenters. The van der Waals surface area contributed by atoms with E-state index in [0.29, 0.717) is 17.9 Å². The molecule has 0 bridgehead atoms. The number of benzene rings is 2. The van der Waals surface area contributed by atoms with Gasteiger partial charge in [-0.1, -0.05) is 12.1 Å². The highest BCUT2D eigenvalue weighted by Crippen LogP contribution is 2.17. The standard InChI is InChI=1S/C21H23FN2O5/c1-3-28-16-10-8-15(9-11-16)18(25)12-13-20(26)23-24-21(27)14(2)29-19-7-5-4-6-17(19)22/h4-11,14H,3,12-13H2,1-2H3,(H,23,26)(H,24,27)/t14-/m0/s1. The van der Waals surface area contributed by atoms with E-state index in [0.717, 1.165) is 0 Å². The minimum absolute atomic E-state index is 0.0169. The molecule has 0 aliphatic carbocycles. The molecule has 2 aromatic carbocycles. The Labute approximate surface area is 168 Å². The summed E-state index contributed by atoms with van der Waals surface area (Å²) in [6.45, 7) is 3.82. The molecule has 7 nitrogen and oxygen atoms in total. The summed E-state index contributed by atoms with van der Waals surface area (Å²) in [5.41, 5.74) is 4.87. The van der Waals surface area contributed by atoms with Gasteiger partial charge in [0.2, 0.25) is 5.91 Å². The Morgan fingerprint density at radius 3 is 2.34 bits per heavy atom. The molecule has 0 saturated heterocycles. The van der Waals surface area contributed by atoms with Gasteiger partial charge >= 0.3 is 0 Å². The molecule has 2 rings (SSSR count). The smallest absolute Gasteiger partial charge is 0.279 e. The Balaban J connectivity index is 1.73. The summed E-state index contributed by atoms with van der Waals surface area (Å²) in [6, 6.07) is 12.3. The molecule has 1 atom stereocenters. The second kappa shape index (κ2) is 10.8. The van der Waals surface area contributed by atoms with E-state index in [1.165, 1.54) is 25.1 Å². The van der Waals surface area contributed by atoms with Crippen LogP contribution in [-0.2, 0) is 9.59 Å². The Kier molecular flexibility index (Phi) is 8.14. The maximum atomic E-state index is 13.5. The molecule has 154 valence electrons. The average molecular weight is 402 g/mol. The van der Waals surface area contributed by atoms with Crippen LogP contribution in [0.1, 0.15) is 37.0 Å². The molecular weight excluding hydrogens is 379 g/mol. The summed E-state index contributed by atoms with van der Waals surface area (Å²) >= 11 is 0. The van der Waals surface area contributed by atoms with E-state index in [1.807, 2.05) is 6.92 Å². The van der Waals surface area contributed by atoms with E-state index >= 15 is 0 Å². The Morgan fingerprint density at radius 1 is 1.00 bits per heavy atom. The maximum Gasteiger partial charge on any atom is 0.279 e. The van der Waals surface area contributed by atoms with Crippen LogP contribution in [-0.4, -0.2) is 30.3 Å². The molecule has 2 N–H and O–H groups in total. The van der Waals surface area contributed by atoms with Crippen LogP contribution < -0.4 is 20.3 Å². The van der Waals surface area contributed by atoms with E-state index in [4.69, 9.17) is 9.47 Å². The molecule has 0 fully saturated rings. The fourth-order valence-electron chi connectivity index (χ4n) is 2.35. The number of nitrogens with one attached hydrogen (secondary N) is 2. The van der Waals surface area contributed by atoms with Crippen molar-refractivity contribution in [2.24, 2.45) is 0 Å². The van der Waals surface area contributed by atoms with Crippen molar-refractivity contribution < 1.29 is 28.2 Å². The van der Waals surface area contributed by atoms with Crippen molar-refractivity contribution in [2.75, 3.05) is 6.61 Å². The highest BCUT2D eigenvalue weighted by Gasteiger charge is 2.17. The average Bonchev–Trinajstić information content (AvgIpc) is 2.72. The molecule has 8 heteroatoms. The third-order valence-electron chi connectivity index (χ3n) is 3.90. The van der Waals surface area contributed by atoms with Crippen LogP contribution in [0.25, 0.3) is 0 Å². The molecular formula is C21H23FN2O5. The van der Waals surface area contributed by atoms with Crippen molar-refractivity contribution in [3.63, 3.8) is 0 Å². The number of hydrazine groups is 1. The van der Waals surface area contributed by atoms with Gasteiger partial charge in [0.25, 0.3) is 5.91 Å². The van der Waals surface area contributed by atoms with Crippen molar-refractivity contribution in [2.45, 2.75) is 32.8 Å². The number of carbonyl (C=O) groups is 3. The van der Waals surface area contributed by atoms with E-state index in [1.54, 1.807) is 30.3 Å². The van der Waals surface area contributed by atoms with Crippen LogP contribution in [0.5, 0.6) is 11.5 Å². The summed E-state index contributed by atoms with van der Waals surface area (Å²) in [5, 5.41) is 0. The predicted octanol–water partition coefficient (Wildman–Crippen LogP) is 2.80. The summed E-state index contributed by atoms with van der Waals surface area (Å²) in [6.07, 6.45) is -1.15. The van der Waals surface area contributed by atoms with E-state index in [9.17, 15) is 18.8 Å². The zero-order valence-electron chi connectivity index (χ0n) is 16.2. The van der Waals surface area contributed by atoms with Crippen LogP contribution in [0.3, 0.4) is 0 Å². The van der Waals surface area contributed by atoms with E-state index in [2.05, 4.69) is 10.9 Å². The molecule has 0 heterocycles. The predicted molar refractivity (Wildman–Crippen MR) is 104 cm³/mol. The first-order valence-electron chi connectivity index (χ1n) is 9.16. The van der Waals surface area contributed by atoms with Gasteiger partial charge in [0.05, 0.1) is 6.61 Å². The molecule has 0 spiro atoms. The van der Waals surface area contributed by atoms with Crippen LogP contribution in [0, 0.1) is 5.82 Å². The van der Waals surface area contributed by atoms with Crippen molar-refractivity contribution in [1.82, 2.24) is 10.9 Å². The highest BCUT2D eigenvalue weighted by molar-refractivity contribution is 5.98. The number of hydrogen-bond donors (Lipinski definition) is 2. The van der Waals surface area contributed by atoms with Gasteiger partial charge < -0.3 is 9.47 Å². The number of halogens is 1. The van der Waals surface area contributed by atoms with Crippen LogP contribution in [0.2, 0.25) is 0 Å². The molecule has 0 saturated carbocycles. The number of ether oxygens (including phenoxy) is 2. The second-order valence-corrected chi connectivity index (χ2v) is 6.11. The number of amides is 2. The van der Waals surface area contributed by atoms with Gasteiger partial charge in [0.1, 0.15) is 5.75 Å². The van der Waals surface area contributed by atoms with Gasteiger partial charge in [-0.05, 0) is 50.2 Å². The molecule has 0 aromatic heterocycles. The van der Waals surface area contributed by atoms with Gasteiger partial charge in [-0.2, -0.15) is 0 Å². The number of ketones is 1. The highest BCUT2D eigenvalue weighted by atomic mass is 19.1. The lowest BCUT2D eigenvalue weighted by Crippen LogP contribution is -2.47. The first-order chi connectivity index (χ1) is 13.9. The normalized spacial score (nSPS) is 11.3. The van der Waals surface area contributed by atoms with Gasteiger partial charge in [0.15, 0.2) is 23.5 Å². The van der Waals surface area contributed by atoms with Gasteiger partial charge in [0, 0.05) is 18.4 Å². The molecule has 0 aliphatic rings. The van der Waals surface area contributed by atoms with E-state index < -0.39 is 23.7 Å². The largest absolute Gasteiger partial charge is 0.494 e. The SMILES string of the molecule is CCOc1ccc(C(=O)CCC(=O)NNC(=O)[C@H](C)Oc2ccccc2F)cc1. The quantitative estimate of drug-likeness (QED) is 0.497. The number of carbonyl (C=O) groups excluding carboxylic acids is 3. The zero-order chi connectivity index (χ0) is 21.2. The van der Waals surface area contributed by atoms with Crippen molar-refractivity contribution in [1.29, 1.82) is 0 Å². The number of hydrogen-bond acceptors (Lipinski definition) is 5. The monoisotopic (exact) mass is 402 g/mol. The Morgan fingerprint density at radius 2 is 1.69 bits per heavy atom. The Hall–Kier alpha value is -3.42. The first-order valence-corrected chi connectivity index (χ1v) is 9.16.